The summed E-state index contributed by atoms with van der Waals surface area (Å²) >= 11 is 0. The van der Waals surface area contributed by atoms with Crippen LogP contribution in [-0.4, -0.2) is 19.3 Å². The zero-order valence-electron chi connectivity index (χ0n) is 14.2. The summed E-state index contributed by atoms with van der Waals surface area (Å²) in [6.45, 7) is 7.08. The van der Waals surface area contributed by atoms with Crippen LogP contribution in [0, 0.1) is 12.7 Å². The summed E-state index contributed by atoms with van der Waals surface area (Å²) in [7, 11) is -3.67. The van der Waals surface area contributed by atoms with Gasteiger partial charge in [0.15, 0.2) is 0 Å². The van der Waals surface area contributed by atoms with Gasteiger partial charge >= 0.3 is 0 Å². The molecule has 0 fully saturated rings. The molecule has 0 spiro atoms. The van der Waals surface area contributed by atoms with E-state index >= 15 is 0 Å². The maximum atomic E-state index is 14.3. The third kappa shape index (κ3) is 3.30. The van der Waals surface area contributed by atoms with Crippen molar-refractivity contribution in [2.24, 2.45) is 0 Å². The molecule has 3 rings (SSSR count). The molecule has 0 radical (unpaired) electrons. The zero-order valence-corrected chi connectivity index (χ0v) is 15.1. The molecule has 0 aromatic heterocycles. The topological polar surface area (TPSA) is 37.4 Å². The number of rotatable bonds is 4. The predicted molar refractivity (Wildman–Crippen MR) is 98.7 cm³/mol. The molecular formula is C20H20FNO2S. The molecular weight excluding hydrogens is 337 g/mol. The van der Waals surface area contributed by atoms with Crippen LogP contribution in [0.5, 0.6) is 0 Å². The van der Waals surface area contributed by atoms with E-state index in [0.29, 0.717) is 11.1 Å². The second-order valence-electron chi connectivity index (χ2n) is 6.28. The third-order valence-corrected chi connectivity index (χ3v) is 6.21. The number of nitrogens with zero attached hydrogens (tertiary/aromatic N) is 1. The largest absolute Gasteiger partial charge is 0.239 e. The first-order valence-electron chi connectivity index (χ1n) is 8.00. The smallest absolute Gasteiger partial charge is 0.207 e. The summed E-state index contributed by atoms with van der Waals surface area (Å²) in [6, 6.07) is 13.7. The van der Waals surface area contributed by atoms with E-state index < -0.39 is 16.1 Å². The maximum Gasteiger partial charge on any atom is 0.239 e. The summed E-state index contributed by atoms with van der Waals surface area (Å²) in [6.07, 6.45) is 1.83. The third-order valence-electron chi connectivity index (χ3n) is 4.35. The Hall–Kier alpha value is -2.24. The highest BCUT2D eigenvalue weighted by Gasteiger charge is 2.36. The molecule has 1 atom stereocenters. The van der Waals surface area contributed by atoms with Crippen molar-refractivity contribution in [3.8, 4) is 0 Å². The summed E-state index contributed by atoms with van der Waals surface area (Å²) in [4.78, 5) is 0.0767. The fourth-order valence-electron chi connectivity index (χ4n) is 3.00. The van der Waals surface area contributed by atoms with E-state index in [4.69, 9.17) is 0 Å². The van der Waals surface area contributed by atoms with Gasteiger partial charge in [0.25, 0.3) is 0 Å². The van der Waals surface area contributed by atoms with Gasteiger partial charge < -0.3 is 0 Å². The number of aryl methyl sites for hydroxylation is 1. The summed E-state index contributed by atoms with van der Waals surface area (Å²) in [5.41, 5.74) is 2.88. The van der Waals surface area contributed by atoms with Crippen molar-refractivity contribution in [2.75, 3.05) is 6.54 Å². The van der Waals surface area contributed by atoms with Crippen LogP contribution in [0.15, 0.2) is 66.1 Å². The van der Waals surface area contributed by atoms with Crippen molar-refractivity contribution < 1.29 is 12.8 Å². The molecule has 1 aliphatic rings. The average Bonchev–Trinajstić information content (AvgIpc) is 3.03. The van der Waals surface area contributed by atoms with E-state index in [1.54, 1.807) is 12.1 Å². The second-order valence-corrected chi connectivity index (χ2v) is 8.40. The van der Waals surface area contributed by atoms with E-state index in [9.17, 15) is 12.8 Å². The van der Waals surface area contributed by atoms with E-state index in [0.717, 1.165) is 11.1 Å². The Balaban J connectivity index is 2.11. The van der Waals surface area contributed by atoms with Crippen LogP contribution >= 0.6 is 0 Å². The molecule has 5 heteroatoms. The normalized spacial score (nSPS) is 18.2. The van der Waals surface area contributed by atoms with Crippen LogP contribution in [0.4, 0.5) is 4.39 Å². The van der Waals surface area contributed by atoms with E-state index in [-0.39, 0.29) is 17.3 Å². The standard InChI is InChI=1S/C20H20FNO2S/c1-14(2)25(23,24)22-13-17(18-11-15(3)9-10-19(18)21)12-20(22)16-7-5-4-6-8-16/h4-12,20H,1,13H2,2-3H3. The molecule has 2 aromatic rings. The fraction of sp³-hybridized carbons (Fsp3) is 0.200. The van der Waals surface area contributed by atoms with Gasteiger partial charge in [-0.25, -0.2) is 12.8 Å². The molecule has 0 aliphatic carbocycles. The van der Waals surface area contributed by atoms with Gasteiger partial charge in [-0.3, -0.25) is 0 Å². The number of hydrogen-bond acceptors (Lipinski definition) is 2. The Morgan fingerprint density at radius 3 is 2.52 bits per heavy atom. The monoisotopic (exact) mass is 357 g/mol. The van der Waals surface area contributed by atoms with Gasteiger partial charge in [0, 0.05) is 17.0 Å². The lowest BCUT2D eigenvalue weighted by molar-refractivity contribution is 0.424. The van der Waals surface area contributed by atoms with Crippen LogP contribution in [0.1, 0.15) is 29.7 Å². The van der Waals surface area contributed by atoms with Crippen molar-refractivity contribution in [2.45, 2.75) is 19.9 Å². The Bertz CT molecular complexity index is 949. The van der Waals surface area contributed by atoms with Gasteiger partial charge in [0.1, 0.15) is 5.82 Å². The van der Waals surface area contributed by atoms with Gasteiger partial charge in [-0.05, 0) is 37.1 Å². The van der Waals surface area contributed by atoms with Crippen molar-refractivity contribution in [3.05, 3.63) is 88.6 Å². The van der Waals surface area contributed by atoms with Crippen LogP contribution in [-0.2, 0) is 10.0 Å². The highest BCUT2D eigenvalue weighted by Crippen LogP contribution is 2.38. The molecule has 1 unspecified atom stereocenters. The molecule has 0 bridgehead atoms. The molecule has 3 nitrogen and oxygen atoms in total. The molecule has 2 aromatic carbocycles. The fourth-order valence-corrected chi connectivity index (χ4v) is 4.19. The molecule has 25 heavy (non-hydrogen) atoms. The van der Waals surface area contributed by atoms with Crippen LogP contribution in [0.25, 0.3) is 5.57 Å². The van der Waals surface area contributed by atoms with E-state index in [1.165, 1.54) is 17.3 Å². The van der Waals surface area contributed by atoms with E-state index in [2.05, 4.69) is 6.58 Å². The minimum atomic E-state index is -3.67. The molecule has 0 N–H and O–H groups in total. The van der Waals surface area contributed by atoms with Crippen molar-refractivity contribution in [1.82, 2.24) is 4.31 Å². The number of halogens is 1. The Morgan fingerprint density at radius 2 is 1.88 bits per heavy atom. The van der Waals surface area contributed by atoms with Gasteiger partial charge in [-0.1, -0.05) is 54.6 Å². The SMILES string of the molecule is C=C(C)S(=O)(=O)N1CC(c2cc(C)ccc2F)=CC1c1ccccc1. The summed E-state index contributed by atoms with van der Waals surface area (Å²) in [5.74, 6) is -0.349. The summed E-state index contributed by atoms with van der Waals surface area (Å²) in [5, 5.41) is 0. The Labute approximate surface area is 148 Å². The zero-order chi connectivity index (χ0) is 18.2. The lowest BCUT2D eigenvalue weighted by atomic mass is 10.0. The van der Waals surface area contributed by atoms with Crippen LogP contribution < -0.4 is 0 Å². The molecule has 130 valence electrons. The predicted octanol–water partition coefficient (Wildman–Crippen LogP) is 4.44. The van der Waals surface area contributed by atoms with Crippen LogP contribution in [0.3, 0.4) is 0 Å². The van der Waals surface area contributed by atoms with Gasteiger partial charge in [0.05, 0.1) is 6.04 Å². The molecule has 1 aliphatic heterocycles. The lowest BCUT2D eigenvalue weighted by Crippen LogP contribution is -2.31. The molecule has 0 saturated heterocycles. The minimum Gasteiger partial charge on any atom is -0.207 e. The number of allylic oxidation sites excluding steroid dienone is 1. The molecule has 0 saturated carbocycles. The average molecular weight is 357 g/mol. The van der Waals surface area contributed by atoms with Crippen molar-refractivity contribution in [1.29, 1.82) is 0 Å². The van der Waals surface area contributed by atoms with Crippen molar-refractivity contribution in [3.63, 3.8) is 0 Å². The van der Waals surface area contributed by atoms with Gasteiger partial charge in [0.2, 0.25) is 10.0 Å². The van der Waals surface area contributed by atoms with Gasteiger partial charge in [-0.2, -0.15) is 4.31 Å². The van der Waals surface area contributed by atoms with E-state index in [1.807, 2.05) is 43.3 Å². The summed E-state index contributed by atoms with van der Waals surface area (Å²) < 4.78 is 41.2. The maximum absolute atomic E-state index is 14.3. The first kappa shape index (κ1) is 17.6. The highest BCUT2D eigenvalue weighted by atomic mass is 32.2. The number of benzene rings is 2. The van der Waals surface area contributed by atoms with Crippen LogP contribution in [0.2, 0.25) is 0 Å². The minimum absolute atomic E-state index is 0.0767. The molecule has 1 heterocycles. The lowest BCUT2D eigenvalue weighted by Gasteiger charge is -2.24. The highest BCUT2D eigenvalue weighted by molar-refractivity contribution is 7.93. The second kappa shape index (κ2) is 6.58. The number of hydrogen-bond donors (Lipinski definition) is 0. The first-order valence-corrected chi connectivity index (χ1v) is 9.44. The molecule has 0 amide bonds. The quantitative estimate of drug-likeness (QED) is 0.811. The number of sulfonamides is 1. The van der Waals surface area contributed by atoms with Crippen molar-refractivity contribution >= 4 is 15.6 Å². The van der Waals surface area contributed by atoms with Gasteiger partial charge in [-0.15, -0.1) is 0 Å². The Morgan fingerprint density at radius 1 is 1.20 bits per heavy atom. The Kier molecular flexibility index (Phi) is 4.62. The first-order chi connectivity index (χ1) is 11.8.